The summed E-state index contributed by atoms with van der Waals surface area (Å²) in [7, 11) is 1.58. The van der Waals surface area contributed by atoms with Gasteiger partial charge in [0.2, 0.25) is 5.91 Å². The third-order valence-corrected chi connectivity index (χ3v) is 4.46. The molecule has 1 saturated heterocycles. The van der Waals surface area contributed by atoms with E-state index in [9.17, 15) is 9.59 Å². The smallest absolute Gasteiger partial charge is 0.254 e. The molecule has 1 aliphatic rings. The zero-order valence-electron chi connectivity index (χ0n) is 14.2. The fourth-order valence-corrected chi connectivity index (χ4v) is 3.29. The van der Waals surface area contributed by atoms with Crippen LogP contribution in [0.3, 0.4) is 0 Å². The second kappa shape index (κ2) is 7.38. The highest BCUT2D eigenvalue weighted by molar-refractivity contribution is 5.94. The molecule has 132 valence electrons. The summed E-state index contributed by atoms with van der Waals surface area (Å²) in [5.74, 6) is 1.15. The molecule has 0 aliphatic carbocycles. The van der Waals surface area contributed by atoms with Crippen molar-refractivity contribution in [1.82, 2.24) is 14.5 Å². The Kier molecular flexibility index (Phi) is 5.02. The van der Waals surface area contributed by atoms with Crippen LogP contribution in [0, 0.1) is 0 Å². The average molecular weight is 342 g/mol. The summed E-state index contributed by atoms with van der Waals surface area (Å²) in [6.07, 6.45) is 5.24. The van der Waals surface area contributed by atoms with Gasteiger partial charge >= 0.3 is 0 Å². The maximum absolute atomic E-state index is 12.8. The molecule has 1 aromatic heterocycles. The molecule has 0 spiro atoms. The molecule has 7 nitrogen and oxygen atoms in total. The standard InChI is InChI=1S/C18H22N4O3/c1-25-15-6-2-4-13(10-15)18(24)22-8-3-5-14(11-22)17-20-7-9-21(17)12-16(19)23/h2,4,6-7,9-10,14H,3,5,8,11-12H2,1H3,(H2,19,23)/t14-/m1/s1. The van der Waals surface area contributed by atoms with E-state index in [0.29, 0.717) is 24.4 Å². The van der Waals surface area contributed by atoms with E-state index < -0.39 is 5.91 Å². The minimum Gasteiger partial charge on any atom is -0.497 e. The molecule has 2 aromatic rings. The molecule has 0 unspecified atom stereocenters. The number of primary amides is 1. The number of hydrogen-bond acceptors (Lipinski definition) is 4. The number of nitrogens with zero attached hydrogens (tertiary/aromatic N) is 3. The molecular formula is C18H22N4O3. The molecule has 7 heteroatoms. The Morgan fingerprint density at radius 1 is 1.40 bits per heavy atom. The lowest BCUT2D eigenvalue weighted by Crippen LogP contribution is -2.40. The summed E-state index contributed by atoms with van der Waals surface area (Å²) in [5, 5.41) is 0. The van der Waals surface area contributed by atoms with E-state index in [4.69, 9.17) is 10.5 Å². The summed E-state index contributed by atoms with van der Waals surface area (Å²) in [5.41, 5.74) is 5.91. The lowest BCUT2D eigenvalue weighted by Gasteiger charge is -2.32. The van der Waals surface area contributed by atoms with Crippen molar-refractivity contribution in [2.24, 2.45) is 5.73 Å². The topological polar surface area (TPSA) is 90.4 Å². The Morgan fingerprint density at radius 3 is 3.00 bits per heavy atom. The van der Waals surface area contributed by atoms with Crippen molar-refractivity contribution in [3.05, 3.63) is 48.0 Å². The minimum atomic E-state index is -0.403. The van der Waals surface area contributed by atoms with Gasteiger partial charge in [-0.05, 0) is 31.0 Å². The number of ether oxygens (including phenoxy) is 1. The lowest BCUT2D eigenvalue weighted by atomic mass is 9.96. The first-order chi connectivity index (χ1) is 12.1. The monoisotopic (exact) mass is 342 g/mol. The first-order valence-corrected chi connectivity index (χ1v) is 8.31. The summed E-state index contributed by atoms with van der Waals surface area (Å²) in [4.78, 5) is 30.3. The molecule has 2 heterocycles. The van der Waals surface area contributed by atoms with Gasteiger partial charge in [-0.1, -0.05) is 6.07 Å². The number of nitrogens with two attached hydrogens (primary N) is 1. The molecule has 2 N–H and O–H groups in total. The van der Waals surface area contributed by atoms with Crippen LogP contribution in [0.5, 0.6) is 5.75 Å². The van der Waals surface area contributed by atoms with Crippen LogP contribution < -0.4 is 10.5 Å². The number of carbonyl (C=O) groups is 2. The molecule has 0 bridgehead atoms. The Hall–Kier alpha value is -2.83. The number of piperidine rings is 1. The maximum Gasteiger partial charge on any atom is 0.254 e. The Bertz CT molecular complexity index is 771. The number of carbonyl (C=O) groups excluding carboxylic acids is 2. The average Bonchev–Trinajstić information content (AvgIpc) is 3.08. The van der Waals surface area contributed by atoms with Crippen LogP contribution in [-0.4, -0.2) is 46.5 Å². The van der Waals surface area contributed by atoms with E-state index in [1.165, 1.54) is 0 Å². The number of rotatable bonds is 5. The van der Waals surface area contributed by atoms with Gasteiger partial charge in [-0.25, -0.2) is 4.98 Å². The van der Waals surface area contributed by atoms with Gasteiger partial charge < -0.3 is 19.9 Å². The van der Waals surface area contributed by atoms with E-state index >= 15 is 0 Å². The molecule has 1 atom stereocenters. The highest BCUT2D eigenvalue weighted by Crippen LogP contribution is 2.27. The number of amides is 2. The highest BCUT2D eigenvalue weighted by Gasteiger charge is 2.28. The van der Waals surface area contributed by atoms with Crippen molar-refractivity contribution in [3.8, 4) is 5.75 Å². The maximum atomic E-state index is 12.8. The quantitative estimate of drug-likeness (QED) is 0.889. The van der Waals surface area contributed by atoms with Crippen LogP contribution in [0.4, 0.5) is 0 Å². The number of benzene rings is 1. The predicted octanol–water partition coefficient (Wildman–Crippen LogP) is 1.40. The number of aromatic nitrogens is 2. The Morgan fingerprint density at radius 2 is 2.24 bits per heavy atom. The van der Waals surface area contributed by atoms with Crippen molar-refractivity contribution in [3.63, 3.8) is 0 Å². The second-order valence-corrected chi connectivity index (χ2v) is 6.20. The van der Waals surface area contributed by atoms with E-state index in [1.54, 1.807) is 36.2 Å². The molecule has 25 heavy (non-hydrogen) atoms. The zero-order chi connectivity index (χ0) is 17.8. The van der Waals surface area contributed by atoms with Gasteiger partial charge in [0, 0.05) is 37.0 Å². The van der Waals surface area contributed by atoms with Gasteiger partial charge in [0.1, 0.15) is 18.1 Å². The predicted molar refractivity (Wildman–Crippen MR) is 92.3 cm³/mol. The van der Waals surface area contributed by atoms with E-state index in [1.807, 2.05) is 17.0 Å². The van der Waals surface area contributed by atoms with Gasteiger partial charge in [-0.2, -0.15) is 0 Å². The van der Waals surface area contributed by atoms with Gasteiger partial charge in [-0.15, -0.1) is 0 Å². The third kappa shape index (κ3) is 3.81. The number of hydrogen-bond donors (Lipinski definition) is 1. The SMILES string of the molecule is COc1cccc(C(=O)N2CCC[C@@H](c3nccn3CC(N)=O)C2)c1. The van der Waals surface area contributed by atoms with Crippen molar-refractivity contribution in [2.45, 2.75) is 25.3 Å². The van der Waals surface area contributed by atoms with Crippen LogP contribution in [0.25, 0.3) is 0 Å². The van der Waals surface area contributed by atoms with Crippen LogP contribution >= 0.6 is 0 Å². The van der Waals surface area contributed by atoms with Crippen molar-refractivity contribution < 1.29 is 14.3 Å². The third-order valence-electron chi connectivity index (χ3n) is 4.46. The summed E-state index contributed by atoms with van der Waals surface area (Å²) in [6, 6.07) is 7.17. The van der Waals surface area contributed by atoms with Gasteiger partial charge in [0.25, 0.3) is 5.91 Å². The Balaban J connectivity index is 1.76. The van der Waals surface area contributed by atoms with E-state index in [2.05, 4.69) is 4.98 Å². The van der Waals surface area contributed by atoms with E-state index in [-0.39, 0.29) is 18.4 Å². The molecular weight excluding hydrogens is 320 g/mol. The molecule has 0 saturated carbocycles. The largest absolute Gasteiger partial charge is 0.497 e. The second-order valence-electron chi connectivity index (χ2n) is 6.20. The van der Waals surface area contributed by atoms with Gasteiger partial charge in [0.05, 0.1) is 7.11 Å². The fraction of sp³-hybridized carbons (Fsp3) is 0.389. The molecule has 1 aliphatic heterocycles. The normalized spacial score (nSPS) is 17.3. The van der Waals surface area contributed by atoms with Crippen molar-refractivity contribution >= 4 is 11.8 Å². The van der Waals surface area contributed by atoms with Gasteiger partial charge in [0.15, 0.2) is 0 Å². The Labute approximate surface area is 146 Å². The molecule has 2 amide bonds. The fourth-order valence-electron chi connectivity index (χ4n) is 3.29. The first-order valence-electron chi connectivity index (χ1n) is 8.31. The van der Waals surface area contributed by atoms with Crippen LogP contribution in [0.15, 0.2) is 36.7 Å². The van der Waals surface area contributed by atoms with Crippen LogP contribution in [-0.2, 0) is 11.3 Å². The van der Waals surface area contributed by atoms with Crippen molar-refractivity contribution in [2.75, 3.05) is 20.2 Å². The number of likely N-dealkylation sites (tertiary alicyclic amines) is 1. The lowest BCUT2D eigenvalue weighted by molar-refractivity contribution is -0.118. The molecule has 1 fully saturated rings. The van der Waals surface area contributed by atoms with Crippen LogP contribution in [0.2, 0.25) is 0 Å². The van der Waals surface area contributed by atoms with E-state index in [0.717, 1.165) is 18.7 Å². The minimum absolute atomic E-state index is 0.0170. The number of imidazole rings is 1. The highest BCUT2D eigenvalue weighted by atomic mass is 16.5. The number of methoxy groups -OCH3 is 1. The van der Waals surface area contributed by atoms with Gasteiger partial charge in [-0.3, -0.25) is 9.59 Å². The first kappa shape index (κ1) is 17.0. The summed E-state index contributed by atoms with van der Waals surface area (Å²) >= 11 is 0. The molecule has 0 radical (unpaired) electrons. The van der Waals surface area contributed by atoms with Crippen molar-refractivity contribution in [1.29, 1.82) is 0 Å². The summed E-state index contributed by atoms with van der Waals surface area (Å²) < 4.78 is 6.97. The molecule has 3 rings (SSSR count). The van der Waals surface area contributed by atoms with Crippen LogP contribution in [0.1, 0.15) is 34.9 Å². The zero-order valence-corrected chi connectivity index (χ0v) is 14.2. The molecule has 1 aromatic carbocycles. The summed E-state index contributed by atoms with van der Waals surface area (Å²) in [6.45, 7) is 1.39.